The van der Waals surface area contributed by atoms with Crippen molar-refractivity contribution in [2.75, 3.05) is 6.61 Å². The molecule has 7 heteroatoms. The van der Waals surface area contributed by atoms with Crippen molar-refractivity contribution in [2.24, 2.45) is 5.73 Å². The first-order valence-corrected chi connectivity index (χ1v) is 10.2. The van der Waals surface area contributed by atoms with Gasteiger partial charge >= 0.3 is 6.03 Å². The van der Waals surface area contributed by atoms with Crippen molar-refractivity contribution in [3.63, 3.8) is 0 Å². The summed E-state index contributed by atoms with van der Waals surface area (Å²) in [5.41, 5.74) is 7.24. The van der Waals surface area contributed by atoms with Gasteiger partial charge in [-0.1, -0.05) is 19.6 Å². The number of imidazole rings is 1. The van der Waals surface area contributed by atoms with Gasteiger partial charge in [-0.2, -0.15) is 0 Å². The van der Waals surface area contributed by atoms with Crippen LogP contribution in [0.2, 0.25) is 25.7 Å². The van der Waals surface area contributed by atoms with Crippen LogP contribution in [0.25, 0.3) is 0 Å². The summed E-state index contributed by atoms with van der Waals surface area (Å²) in [5.74, 6) is 0. The predicted molar refractivity (Wildman–Crippen MR) is 75.2 cm³/mol. The number of urea groups is 1. The minimum Gasteiger partial charge on any atom is -0.361 e. The number of amides is 2. The number of fused-ring (bicyclic) bond motifs is 1. The Bertz CT molecular complexity index is 467. The average molecular weight is 282 g/mol. The fourth-order valence-electron chi connectivity index (χ4n) is 1.99. The van der Waals surface area contributed by atoms with E-state index >= 15 is 0 Å². The zero-order valence-corrected chi connectivity index (χ0v) is 12.8. The maximum Gasteiger partial charge on any atom is 0.315 e. The quantitative estimate of drug-likeness (QED) is 0.658. The summed E-state index contributed by atoms with van der Waals surface area (Å²) in [7, 11) is -1.04. The third-order valence-electron chi connectivity index (χ3n) is 3.25. The molecule has 1 aliphatic rings. The first-order valence-electron chi connectivity index (χ1n) is 6.52. The van der Waals surface area contributed by atoms with Gasteiger partial charge in [0.2, 0.25) is 0 Å². The summed E-state index contributed by atoms with van der Waals surface area (Å²) >= 11 is 0. The fourth-order valence-corrected chi connectivity index (χ4v) is 2.75. The van der Waals surface area contributed by atoms with Crippen LogP contribution in [0.4, 0.5) is 4.79 Å². The largest absolute Gasteiger partial charge is 0.361 e. The molecule has 19 heavy (non-hydrogen) atoms. The Hall–Kier alpha value is -1.34. The molecule has 0 aliphatic carbocycles. The first kappa shape index (κ1) is 14.1. The molecule has 0 bridgehead atoms. The van der Waals surface area contributed by atoms with Gasteiger partial charge in [-0.15, -0.1) is 0 Å². The Balaban J connectivity index is 1.86. The highest BCUT2D eigenvalue weighted by Gasteiger charge is 2.26. The second-order valence-corrected chi connectivity index (χ2v) is 11.8. The molecule has 0 fully saturated rings. The second kappa shape index (κ2) is 5.34. The molecule has 1 aromatic rings. The van der Waals surface area contributed by atoms with Crippen LogP contribution >= 0.6 is 0 Å². The van der Waals surface area contributed by atoms with E-state index in [9.17, 15) is 4.79 Å². The number of primary amides is 1. The number of hydrogen-bond acceptors (Lipinski definition) is 3. The first-order chi connectivity index (χ1) is 8.87. The molecule has 6 nitrogen and oxygen atoms in total. The lowest BCUT2D eigenvalue weighted by molar-refractivity contribution is 0.0845. The summed E-state index contributed by atoms with van der Waals surface area (Å²) in [6.07, 6.45) is 1.78. The molecule has 2 rings (SSSR count). The molecule has 0 saturated heterocycles. The maximum atomic E-state index is 11.1. The highest BCUT2D eigenvalue weighted by molar-refractivity contribution is 6.76. The van der Waals surface area contributed by atoms with Crippen molar-refractivity contribution >= 4 is 14.1 Å². The molecule has 0 spiro atoms. The van der Waals surface area contributed by atoms with Crippen molar-refractivity contribution < 1.29 is 9.53 Å². The summed E-state index contributed by atoms with van der Waals surface area (Å²) < 4.78 is 7.66. The SMILES string of the molecule is C[Si](C)(C)CCOCn1cnc2c1CN(C(N)=O)C2. The van der Waals surface area contributed by atoms with E-state index in [1.54, 1.807) is 11.2 Å². The van der Waals surface area contributed by atoms with Gasteiger partial charge in [0.15, 0.2) is 0 Å². The lowest BCUT2D eigenvalue weighted by atomic mass is 10.4. The van der Waals surface area contributed by atoms with Gasteiger partial charge < -0.3 is 19.9 Å². The van der Waals surface area contributed by atoms with E-state index in [2.05, 4.69) is 24.6 Å². The van der Waals surface area contributed by atoms with Crippen molar-refractivity contribution in [1.82, 2.24) is 14.5 Å². The highest BCUT2D eigenvalue weighted by Crippen LogP contribution is 2.21. The predicted octanol–water partition coefficient (Wildman–Crippen LogP) is 1.59. The lowest BCUT2D eigenvalue weighted by Gasteiger charge is -2.16. The van der Waals surface area contributed by atoms with Crippen molar-refractivity contribution in [1.29, 1.82) is 0 Å². The number of carbonyl (C=O) groups is 1. The molecule has 0 radical (unpaired) electrons. The second-order valence-electron chi connectivity index (χ2n) is 6.15. The number of ether oxygens (including phenoxy) is 1. The smallest absolute Gasteiger partial charge is 0.315 e. The standard InChI is InChI=1S/C12H22N4O2Si/c1-19(2,3)5-4-18-9-16-8-14-10-6-15(12(13)17)7-11(10)16/h8H,4-7,9H2,1-3H3,(H2,13,17). The van der Waals surface area contributed by atoms with Crippen LogP contribution in [0.3, 0.4) is 0 Å². The van der Waals surface area contributed by atoms with Gasteiger partial charge in [0, 0.05) is 14.7 Å². The maximum absolute atomic E-state index is 11.1. The molecule has 2 N–H and O–H groups in total. The summed E-state index contributed by atoms with van der Waals surface area (Å²) in [6, 6.07) is 0.751. The van der Waals surface area contributed by atoms with Gasteiger partial charge in [0.25, 0.3) is 0 Å². The van der Waals surface area contributed by atoms with Crippen LogP contribution < -0.4 is 5.73 Å². The zero-order valence-electron chi connectivity index (χ0n) is 11.8. The number of carbonyl (C=O) groups excluding carboxylic acids is 1. The Morgan fingerprint density at radius 1 is 1.47 bits per heavy atom. The van der Waals surface area contributed by atoms with Gasteiger partial charge in [0.1, 0.15) is 6.73 Å². The molecule has 2 amide bonds. The Morgan fingerprint density at radius 2 is 2.21 bits per heavy atom. The number of hydrogen-bond donors (Lipinski definition) is 1. The van der Waals surface area contributed by atoms with E-state index in [0.29, 0.717) is 19.8 Å². The van der Waals surface area contributed by atoms with Crippen molar-refractivity contribution in [2.45, 2.75) is 45.5 Å². The van der Waals surface area contributed by atoms with Gasteiger partial charge in [-0.25, -0.2) is 9.78 Å². The molecular formula is C12H22N4O2Si. The Kier molecular flexibility index (Phi) is 3.95. The molecule has 2 heterocycles. The Morgan fingerprint density at radius 3 is 2.84 bits per heavy atom. The minimum atomic E-state index is -1.04. The van der Waals surface area contributed by atoms with E-state index < -0.39 is 14.1 Å². The Labute approximate surface area is 114 Å². The van der Waals surface area contributed by atoms with Crippen LogP contribution in [0, 0.1) is 0 Å². The third kappa shape index (κ3) is 3.57. The van der Waals surface area contributed by atoms with E-state index in [4.69, 9.17) is 10.5 Å². The van der Waals surface area contributed by atoms with Gasteiger partial charge in [0.05, 0.1) is 30.8 Å². The average Bonchev–Trinajstić information content (AvgIpc) is 2.83. The zero-order chi connectivity index (χ0) is 14.0. The molecule has 1 aromatic heterocycles. The van der Waals surface area contributed by atoms with Gasteiger partial charge in [-0.05, 0) is 6.04 Å². The topological polar surface area (TPSA) is 73.4 Å². The lowest BCUT2D eigenvalue weighted by Crippen LogP contribution is -2.31. The molecule has 1 aliphatic heterocycles. The third-order valence-corrected chi connectivity index (χ3v) is 4.96. The highest BCUT2D eigenvalue weighted by atomic mass is 28.3. The summed E-state index contributed by atoms with van der Waals surface area (Å²) in [5, 5.41) is 0. The number of nitrogens with two attached hydrogens (primary N) is 1. The minimum absolute atomic E-state index is 0.399. The number of rotatable bonds is 5. The number of nitrogens with zero attached hydrogens (tertiary/aromatic N) is 3. The van der Waals surface area contributed by atoms with Crippen LogP contribution in [0.15, 0.2) is 6.33 Å². The monoisotopic (exact) mass is 282 g/mol. The van der Waals surface area contributed by atoms with E-state index in [-0.39, 0.29) is 0 Å². The molecular weight excluding hydrogens is 260 g/mol. The van der Waals surface area contributed by atoms with Crippen LogP contribution in [0.5, 0.6) is 0 Å². The summed E-state index contributed by atoms with van der Waals surface area (Å²) in [4.78, 5) is 17.0. The van der Waals surface area contributed by atoms with Gasteiger partial charge in [-0.3, -0.25) is 0 Å². The molecule has 0 atom stereocenters. The summed E-state index contributed by atoms with van der Waals surface area (Å²) in [6.45, 7) is 9.30. The van der Waals surface area contributed by atoms with Crippen LogP contribution in [-0.4, -0.2) is 35.2 Å². The van der Waals surface area contributed by atoms with Crippen LogP contribution in [-0.2, 0) is 24.6 Å². The number of aromatic nitrogens is 2. The normalized spacial score (nSPS) is 14.8. The van der Waals surface area contributed by atoms with Crippen LogP contribution in [0.1, 0.15) is 11.4 Å². The van der Waals surface area contributed by atoms with E-state index in [0.717, 1.165) is 24.0 Å². The van der Waals surface area contributed by atoms with Crippen molar-refractivity contribution in [3.05, 3.63) is 17.7 Å². The molecule has 106 valence electrons. The molecule has 0 unspecified atom stereocenters. The van der Waals surface area contributed by atoms with Crippen molar-refractivity contribution in [3.8, 4) is 0 Å². The molecule has 0 saturated carbocycles. The fraction of sp³-hybridized carbons (Fsp3) is 0.667. The van der Waals surface area contributed by atoms with E-state index in [1.807, 2.05) is 4.57 Å². The van der Waals surface area contributed by atoms with E-state index in [1.165, 1.54) is 0 Å². The molecule has 0 aromatic carbocycles.